The van der Waals surface area contributed by atoms with E-state index in [1.807, 2.05) is 12.1 Å². The molecule has 2 rings (SSSR count). The molecule has 1 fully saturated rings. The Balaban J connectivity index is 2.07. The highest BCUT2D eigenvalue weighted by Crippen LogP contribution is 2.25. The summed E-state index contributed by atoms with van der Waals surface area (Å²) in [5.74, 6) is 0.879. The third-order valence-corrected chi connectivity index (χ3v) is 3.18. The Kier molecular flexibility index (Phi) is 2.96. The molecule has 0 heterocycles. The van der Waals surface area contributed by atoms with Crippen molar-refractivity contribution in [3.8, 4) is 5.75 Å². The van der Waals surface area contributed by atoms with Crippen LogP contribution in [0.3, 0.4) is 0 Å². The average Bonchev–Trinajstić information content (AvgIpc) is 2.59. The Bertz CT molecular complexity index is 346. The van der Waals surface area contributed by atoms with Crippen molar-refractivity contribution in [2.75, 3.05) is 0 Å². The topological polar surface area (TPSA) is 29.5 Å². The summed E-state index contributed by atoms with van der Waals surface area (Å²) < 4.78 is 5.77. The molecular weight excluding hydrogens is 188 g/mol. The molecule has 2 atom stereocenters. The van der Waals surface area contributed by atoms with Gasteiger partial charge in [-0.15, -0.1) is 0 Å². The van der Waals surface area contributed by atoms with Crippen molar-refractivity contribution in [2.24, 2.45) is 0 Å². The van der Waals surface area contributed by atoms with Crippen molar-refractivity contribution in [1.82, 2.24) is 0 Å². The van der Waals surface area contributed by atoms with Crippen LogP contribution < -0.4 is 4.74 Å². The minimum atomic E-state index is -0.286. The Morgan fingerprint density at radius 3 is 2.60 bits per heavy atom. The molecule has 0 aromatic heterocycles. The number of aryl methyl sites for hydroxylation is 2. The van der Waals surface area contributed by atoms with Gasteiger partial charge in [-0.2, -0.15) is 0 Å². The maximum atomic E-state index is 9.65. The lowest BCUT2D eigenvalue weighted by atomic mass is 10.1. The molecule has 2 nitrogen and oxygen atoms in total. The third-order valence-electron chi connectivity index (χ3n) is 3.18. The van der Waals surface area contributed by atoms with Gasteiger partial charge in [-0.3, -0.25) is 0 Å². The van der Waals surface area contributed by atoms with E-state index in [0.29, 0.717) is 0 Å². The van der Waals surface area contributed by atoms with Crippen LogP contribution in [0.1, 0.15) is 30.4 Å². The summed E-state index contributed by atoms with van der Waals surface area (Å²) in [5, 5.41) is 9.65. The Hall–Kier alpha value is -1.02. The molecule has 82 valence electrons. The summed E-state index contributed by atoms with van der Waals surface area (Å²) in [7, 11) is 0. The molecule has 0 saturated heterocycles. The van der Waals surface area contributed by atoms with E-state index in [0.717, 1.165) is 25.0 Å². The lowest BCUT2D eigenvalue weighted by Gasteiger charge is -2.17. The maximum Gasteiger partial charge on any atom is 0.124 e. The fraction of sp³-hybridized carbons (Fsp3) is 0.538. The molecule has 0 amide bonds. The van der Waals surface area contributed by atoms with Crippen molar-refractivity contribution in [2.45, 2.75) is 45.3 Å². The molecule has 1 aliphatic rings. The van der Waals surface area contributed by atoms with Gasteiger partial charge in [0.1, 0.15) is 11.9 Å². The SMILES string of the molecule is Cc1ccc(OC2CCCC2O)cc1C. The largest absolute Gasteiger partial charge is 0.488 e. The van der Waals surface area contributed by atoms with Gasteiger partial charge in [-0.25, -0.2) is 0 Å². The fourth-order valence-corrected chi connectivity index (χ4v) is 2.01. The fourth-order valence-electron chi connectivity index (χ4n) is 2.01. The van der Waals surface area contributed by atoms with Gasteiger partial charge in [0.2, 0.25) is 0 Å². The molecule has 0 bridgehead atoms. The van der Waals surface area contributed by atoms with Gasteiger partial charge in [-0.1, -0.05) is 6.07 Å². The van der Waals surface area contributed by atoms with Crippen molar-refractivity contribution in [3.63, 3.8) is 0 Å². The first-order valence-corrected chi connectivity index (χ1v) is 5.59. The highest BCUT2D eigenvalue weighted by Gasteiger charge is 2.26. The molecule has 1 aliphatic carbocycles. The van der Waals surface area contributed by atoms with Crippen molar-refractivity contribution in [3.05, 3.63) is 29.3 Å². The summed E-state index contributed by atoms with van der Waals surface area (Å²) in [6, 6.07) is 6.08. The molecule has 1 aromatic rings. The lowest BCUT2D eigenvalue weighted by molar-refractivity contribution is 0.0603. The van der Waals surface area contributed by atoms with Crippen LogP contribution in [0.5, 0.6) is 5.75 Å². The van der Waals surface area contributed by atoms with E-state index in [1.165, 1.54) is 11.1 Å². The zero-order valence-electron chi connectivity index (χ0n) is 9.36. The van der Waals surface area contributed by atoms with E-state index in [4.69, 9.17) is 4.74 Å². The first kappa shape index (κ1) is 10.5. The van der Waals surface area contributed by atoms with Gasteiger partial charge in [-0.05, 0) is 56.4 Å². The van der Waals surface area contributed by atoms with Crippen molar-refractivity contribution in [1.29, 1.82) is 0 Å². The summed E-state index contributed by atoms with van der Waals surface area (Å²) >= 11 is 0. The second-order valence-corrected chi connectivity index (χ2v) is 4.40. The minimum Gasteiger partial charge on any atom is -0.488 e. The summed E-state index contributed by atoms with van der Waals surface area (Å²) in [5.41, 5.74) is 2.51. The summed E-state index contributed by atoms with van der Waals surface area (Å²) in [6.45, 7) is 4.16. The lowest BCUT2D eigenvalue weighted by Crippen LogP contribution is -2.25. The number of aliphatic hydroxyl groups excluding tert-OH is 1. The first-order valence-electron chi connectivity index (χ1n) is 5.59. The highest BCUT2D eigenvalue weighted by atomic mass is 16.5. The van der Waals surface area contributed by atoms with Crippen LogP contribution in [0.15, 0.2) is 18.2 Å². The molecular formula is C13H18O2. The van der Waals surface area contributed by atoms with Crippen LogP contribution in [0.2, 0.25) is 0 Å². The van der Waals surface area contributed by atoms with Gasteiger partial charge in [0, 0.05) is 0 Å². The summed E-state index contributed by atoms with van der Waals surface area (Å²) in [6.07, 6.45) is 2.61. The number of ether oxygens (including phenoxy) is 1. The molecule has 15 heavy (non-hydrogen) atoms. The van der Waals surface area contributed by atoms with E-state index >= 15 is 0 Å². The predicted molar refractivity (Wildman–Crippen MR) is 60.2 cm³/mol. The normalized spacial score (nSPS) is 25.5. The second kappa shape index (κ2) is 4.23. The van der Waals surface area contributed by atoms with Gasteiger partial charge in [0.05, 0.1) is 6.10 Å². The molecule has 2 heteroatoms. The summed E-state index contributed by atoms with van der Waals surface area (Å²) in [4.78, 5) is 0. The van der Waals surface area contributed by atoms with Crippen molar-refractivity contribution >= 4 is 0 Å². The van der Waals surface area contributed by atoms with Crippen LogP contribution in [0.4, 0.5) is 0 Å². The Labute approximate surface area is 90.9 Å². The van der Waals surface area contributed by atoms with Gasteiger partial charge < -0.3 is 9.84 Å². The van der Waals surface area contributed by atoms with Crippen LogP contribution in [-0.2, 0) is 0 Å². The third kappa shape index (κ3) is 2.32. The highest BCUT2D eigenvalue weighted by molar-refractivity contribution is 5.34. The smallest absolute Gasteiger partial charge is 0.124 e. The van der Waals surface area contributed by atoms with Gasteiger partial charge in [0.25, 0.3) is 0 Å². The van der Waals surface area contributed by atoms with Gasteiger partial charge >= 0.3 is 0 Å². The maximum absolute atomic E-state index is 9.65. The quantitative estimate of drug-likeness (QED) is 0.806. The van der Waals surface area contributed by atoms with Crippen LogP contribution in [0.25, 0.3) is 0 Å². The van der Waals surface area contributed by atoms with Crippen LogP contribution in [-0.4, -0.2) is 17.3 Å². The minimum absolute atomic E-state index is 0.00731. The van der Waals surface area contributed by atoms with E-state index in [2.05, 4.69) is 19.9 Å². The zero-order valence-corrected chi connectivity index (χ0v) is 9.36. The number of hydrogen-bond donors (Lipinski definition) is 1. The molecule has 1 N–H and O–H groups in total. The number of aliphatic hydroxyl groups is 1. The standard InChI is InChI=1S/C13H18O2/c1-9-6-7-11(8-10(9)2)15-13-5-3-4-12(13)14/h6-8,12-14H,3-5H2,1-2H3. The average molecular weight is 206 g/mol. The van der Waals surface area contributed by atoms with Crippen LogP contribution >= 0.6 is 0 Å². The van der Waals surface area contributed by atoms with E-state index in [-0.39, 0.29) is 12.2 Å². The molecule has 2 unspecified atom stereocenters. The first-order chi connectivity index (χ1) is 7.16. The predicted octanol–water partition coefficient (Wildman–Crippen LogP) is 2.60. The molecule has 0 spiro atoms. The van der Waals surface area contributed by atoms with E-state index < -0.39 is 0 Å². The van der Waals surface area contributed by atoms with E-state index in [9.17, 15) is 5.11 Å². The van der Waals surface area contributed by atoms with Crippen molar-refractivity contribution < 1.29 is 9.84 Å². The van der Waals surface area contributed by atoms with E-state index in [1.54, 1.807) is 0 Å². The number of hydrogen-bond acceptors (Lipinski definition) is 2. The Morgan fingerprint density at radius 1 is 1.20 bits per heavy atom. The van der Waals surface area contributed by atoms with Gasteiger partial charge in [0.15, 0.2) is 0 Å². The molecule has 0 aliphatic heterocycles. The van der Waals surface area contributed by atoms with Crippen LogP contribution in [0, 0.1) is 13.8 Å². The number of benzene rings is 1. The molecule has 1 saturated carbocycles. The monoisotopic (exact) mass is 206 g/mol. The molecule has 0 radical (unpaired) electrons. The second-order valence-electron chi connectivity index (χ2n) is 4.40. The number of rotatable bonds is 2. The molecule has 1 aromatic carbocycles. The zero-order chi connectivity index (χ0) is 10.8. The Morgan fingerprint density at radius 2 is 2.00 bits per heavy atom.